The summed E-state index contributed by atoms with van der Waals surface area (Å²) in [6.45, 7) is 2.40. The number of amides is 2. The van der Waals surface area contributed by atoms with E-state index < -0.39 is 0 Å². The Balaban J connectivity index is 1.68. The van der Waals surface area contributed by atoms with Crippen LogP contribution in [0, 0.1) is 6.92 Å². The van der Waals surface area contributed by atoms with Crippen LogP contribution in [0.15, 0.2) is 54.0 Å². The Bertz CT molecular complexity index is 801. The lowest BCUT2D eigenvalue weighted by molar-refractivity contribution is 0.251. The van der Waals surface area contributed by atoms with Gasteiger partial charge in [-0.3, -0.25) is 5.32 Å². The second-order valence-corrected chi connectivity index (χ2v) is 5.83. The monoisotopic (exact) mass is 324 g/mol. The molecule has 0 aliphatic carbocycles. The molecule has 0 saturated carbocycles. The lowest BCUT2D eigenvalue weighted by Crippen LogP contribution is -2.28. The quantitative estimate of drug-likeness (QED) is 0.766. The number of carbonyl (C=O) groups excluding carboxylic acids is 1. The Morgan fingerprint density at radius 2 is 2.00 bits per heavy atom. The van der Waals surface area contributed by atoms with E-state index in [9.17, 15) is 4.79 Å². The molecular formula is C17H16N4OS. The Hall–Kier alpha value is -2.73. The third kappa shape index (κ3) is 3.92. The van der Waals surface area contributed by atoms with Gasteiger partial charge >= 0.3 is 6.03 Å². The highest BCUT2D eigenvalue weighted by Crippen LogP contribution is 2.26. The Kier molecular flexibility index (Phi) is 4.63. The summed E-state index contributed by atoms with van der Waals surface area (Å²) in [5, 5.41) is 8.54. The number of urea groups is 1. The molecule has 0 atom stereocenters. The van der Waals surface area contributed by atoms with Gasteiger partial charge in [0.1, 0.15) is 10.8 Å². The summed E-state index contributed by atoms with van der Waals surface area (Å²) in [6, 6.07) is 13.0. The molecule has 2 amide bonds. The number of pyridine rings is 1. The zero-order valence-electron chi connectivity index (χ0n) is 12.6. The molecule has 0 bridgehead atoms. The van der Waals surface area contributed by atoms with Gasteiger partial charge < -0.3 is 5.32 Å². The molecule has 0 radical (unpaired) electrons. The van der Waals surface area contributed by atoms with Crippen LogP contribution >= 0.6 is 11.3 Å². The van der Waals surface area contributed by atoms with Crippen molar-refractivity contribution in [2.75, 3.05) is 5.32 Å². The van der Waals surface area contributed by atoms with Crippen molar-refractivity contribution in [3.63, 3.8) is 0 Å². The van der Waals surface area contributed by atoms with Crippen molar-refractivity contribution in [2.45, 2.75) is 13.5 Å². The normalized spacial score (nSPS) is 10.3. The molecule has 3 rings (SSSR count). The first-order valence-electron chi connectivity index (χ1n) is 7.18. The lowest BCUT2D eigenvalue weighted by Gasteiger charge is -2.10. The van der Waals surface area contributed by atoms with Crippen molar-refractivity contribution in [3.8, 4) is 10.6 Å². The highest BCUT2D eigenvalue weighted by atomic mass is 32.1. The van der Waals surface area contributed by atoms with Crippen molar-refractivity contribution in [1.82, 2.24) is 15.3 Å². The van der Waals surface area contributed by atoms with Crippen molar-refractivity contribution >= 4 is 23.2 Å². The number of carbonyl (C=O) groups is 1. The van der Waals surface area contributed by atoms with Crippen molar-refractivity contribution in [2.24, 2.45) is 0 Å². The molecule has 5 nitrogen and oxygen atoms in total. The fourth-order valence-electron chi connectivity index (χ4n) is 2.13. The van der Waals surface area contributed by atoms with Gasteiger partial charge in [-0.25, -0.2) is 14.8 Å². The van der Waals surface area contributed by atoms with E-state index in [0.717, 1.165) is 21.8 Å². The molecule has 0 unspecified atom stereocenters. The largest absolute Gasteiger partial charge is 0.334 e. The molecule has 2 heterocycles. The molecule has 116 valence electrons. The van der Waals surface area contributed by atoms with Crippen LogP contribution in [0.3, 0.4) is 0 Å². The maximum Gasteiger partial charge on any atom is 0.320 e. The van der Waals surface area contributed by atoms with E-state index in [1.54, 1.807) is 29.7 Å². The Morgan fingerprint density at radius 1 is 1.17 bits per heavy atom. The number of hydrogen-bond donors (Lipinski definition) is 2. The molecule has 0 saturated heterocycles. The summed E-state index contributed by atoms with van der Waals surface area (Å²) in [4.78, 5) is 20.5. The summed E-state index contributed by atoms with van der Waals surface area (Å²) in [5.41, 5.74) is 3.07. The number of rotatable bonds is 4. The minimum Gasteiger partial charge on any atom is -0.334 e. The summed E-state index contributed by atoms with van der Waals surface area (Å²) in [5.74, 6) is 0.522. The summed E-state index contributed by atoms with van der Waals surface area (Å²) in [6.07, 6.45) is 1.63. The van der Waals surface area contributed by atoms with E-state index in [4.69, 9.17) is 0 Å². The van der Waals surface area contributed by atoms with Gasteiger partial charge in [0.05, 0.1) is 0 Å². The van der Waals surface area contributed by atoms with Gasteiger partial charge in [-0.05, 0) is 24.6 Å². The first-order chi connectivity index (χ1) is 11.2. The van der Waals surface area contributed by atoms with Crippen LogP contribution in [0.4, 0.5) is 10.6 Å². The van der Waals surface area contributed by atoms with E-state index >= 15 is 0 Å². The standard InChI is InChI=1S/C17H16N4OS/c1-12-11-23-16(20-12)14-7-3-2-6-13(14)10-19-17(22)21-15-8-4-5-9-18-15/h2-9,11H,10H2,1H3,(H2,18,19,21,22). The maximum atomic E-state index is 12.0. The van der Waals surface area contributed by atoms with Crippen molar-refractivity contribution in [1.29, 1.82) is 0 Å². The number of aromatic nitrogens is 2. The van der Waals surface area contributed by atoms with Gasteiger partial charge in [0.15, 0.2) is 0 Å². The average Bonchev–Trinajstić information content (AvgIpc) is 3.00. The third-order valence-corrected chi connectivity index (χ3v) is 4.21. The van der Waals surface area contributed by atoms with Crippen LogP contribution in [-0.4, -0.2) is 16.0 Å². The fourth-order valence-corrected chi connectivity index (χ4v) is 2.99. The second-order valence-electron chi connectivity index (χ2n) is 4.97. The number of nitrogens with one attached hydrogen (secondary N) is 2. The average molecular weight is 324 g/mol. The van der Waals surface area contributed by atoms with E-state index in [-0.39, 0.29) is 6.03 Å². The molecule has 2 aromatic heterocycles. The molecule has 0 aliphatic heterocycles. The summed E-state index contributed by atoms with van der Waals surface area (Å²) < 4.78 is 0. The van der Waals surface area contributed by atoms with Crippen LogP contribution in [0.25, 0.3) is 10.6 Å². The van der Waals surface area contributed by atoms with Crippen LogP contribution in [0.5, 0.6) is 0 Å². The molecule has 6 heteroatoms. The van der Waals surface area contributed by atoms with Gasteiger partial charge in [0.25, 0.3) is 0 Å². The van der Waals surface area contributed by atoms with Crippen LogP contribution in [0.1, 0.15) is 11.3 Å². The molecule has 0 aliphatic rings. The zero-order valence-corrected chi connectivity index (χ0v) is 13.4. The molecule has 0 spiro atoms. The zero-order chi connectivity index (χ0) is 16.1. The number of aryl methyl sites for hydroxylation is 1. The maximum absolute atomic E-state index is 12.0. The molecule has 0 fully saturated rings. The smallest absolute Gasteiger partial charge is 0.320 e. The highest BCUT2D eigenvalue weighted by molar-refractivity contribution is 7.13. The fraction of sp³-hybridized carbons (Fsp3) is 0.118. The van der Waals surface area contributed by atoms with Gasteiger partial charge in [0, 0.05) is 29.4 Å². The Labute approximate surface area is 138 Å². The number of anilines is 1. The van der Waals surface area contributed by atoms with Crippen molar-refractivity contribution < 1.29 is 4.79 Å². The first-order valence-corrected chi connectivity index (χ1v) is 8.06. The molecule has 1 aromatic carbocycles. The molecule has 23 heavy (non-hydrogen) atoms. The van der Waals surface area contributed by atoms with E-state index in [0.29, 0.717) is 12.4 Å². The summed E-state index contributed by atoms with van der Waals surface area (Å²) in [7, 11) is 0. The van der Waals surface area contributed by atoms with E-state index in [1.165, 1.54) is 0 Å². The van der Waals surface area contributed by atoms with Gasteiger partial charge in [0.2, 0.25) is 0 Å². The van der Waals surface area contributed by atoms with Crippen LogP contribution < -0.4 is 10.6 Å². The minimum absolute atomic E-state index is 0.283. The van der Waals surface area contributed by atoms with E-state index in [1.807, 2.05) is 42.6 Å². The summed E-state index contributed by atoms with van der Waals surface area (Å²) >= 11 is 1.60. The van der Waals surface area contributed by atoms with Crippen LogP contribution in [-0.2, 0) is 6.54 Å². The van der Waals surface area contributed by atoms with E-state index in [2.05, 4.69) is 20.6 Å². The van der Waals surface area contributed by atoms with Crippen molar-refractivity contribution in [3.05, 3.63) is 65.3 Å². The predicted octanol–water partition coefficient (Wildman–Crippen LogP) is 3.84. The molecular weight excluding hydrogens is 308 g/mol. The van der Waals surface area contributed by atoms with Gasteiger partial charge in [-0.1, -0.05) is 30.3 Å². The lowest BCUT2D eigenvalue weighted by atomic mass is 10.1. The first kappa shape index (κ1) is 15.2. The SMILES string of the molecule is Cc1csc(-c2ccccc2CNC(=O)Nc2ccccn2)n1. The molecule has 2 N–H and O–H groups in total. The minimum atomic E-state index is -0.283. The van der Waals surface area contributed by atoms with Gasteiger partial charge in [-0.15, -0.1) is 11.3 Å². The number of nitrogens with zero attached hydrogens (tertiary/aromatic N) is 2. The highest BCUT2D eigenvalue weighted by Gasteiger charge is 2.09. The number of hydrogen-bond acceptors (Lipinski definition) is 4. The number of thiazole rings is 1. The third-order valence-electron chi connectivity index (χ3n) is 3.21. The van der Waals surface area contributed by atoms with Crippen LogP contribution in [0.2, 0.25) is 0 Å². The number of benzene rings is 1. The molecule has 3 aromatic rings. The second kappa shape index (κ2) is 7.02. The van der Waals surface area contributed by atoms with Gasteiger partial charge in [-0.2, -0.15) is 0 Å². The Morgan fingerprint density at radius 3 is 2.74 bits per heavy atom. The topological polar surface area (TPSA) is 66.9 Å². The predicted molar refractivity (Wildman–Crippen MR) is 92.4 cm³/mol.